The van der Waals surface area contributed by atoms with E-state index < -0.39 is 0 Å². The van der Waals surface area contributed by atoms with Crippen LogP contribution in [-0.4, -0.2) is 29.7 Å². The fourth-order valence-electron chi connectivity index (χ4n) is 2.61. The maximum absolute atomic E-state index is 4.57. The van der Waals surface area contributed by atoms with Gasteiger partial charge >= 0.3 is 0 Å². The predicted molar refractivity (Wildman–Crippen MR) is 91.5 cm³/mol. The number of benzene rings is 1. The molecule has 6 nitrogen and oxygen atoms in total. The smallest absolute Gasteiger partial charge is 0.163 e. The number of nitrogens with zero attached hydrogens (tertiary/aromatic N) is 5. The highest BCUT2D eigenvalue weighted by Gasteiger charge is 2.10. The van der Waals surface area contributed by atoms with Crippen LogP contribution in [0.4, 0.5) is 0 Å². The summed E-state index contributed by atoms with van der Waals surface area (Å²) in [5, 5.41) is 6.96. The van der Waals surface area contributed by atoms with Crippen LogP contribution in [-0.2, 0) is 6.42 Å². The van der Waals surface area contributed by atoms with Crippen molar-refractivity contribution in [3.05, 3.63) is 67.0 Å². The Labute approximate surface area is 139 Å². The molecule has 0 radical (unpaired) electrons. The fourth-order valence-corrected chi connectivity index (χ4v) is 2.61. The molecule has 3 aromatic heterocycles. The van der Waals surface area contributed by atoms with E-state index in [4.69, 9.17) is 0 Å². The second kappa shape index (κ2) is 6.08. The minimum absolute atomic E-state index is 0.799. The molecular formula is C18H16N6. The largest absolute Gasteiger partial charge is 0.299 e. The Morgan fingerprint density at radius 1 is 0.958 bits per heavy atom. The number of hydrogen-bond acceptors (Lipinski definition) is 4. The molecule has 0 atom stereocenters. The van der Waals surface area contributed by atoms with Crippen LogP contribution in [0.25, 0.3) is 28.5 Å². The molecule has 0 fully saturated rings. The van der Waals surface area contributed by atoms with Gasteiger partial charge in [0.25, 0.3) is 0 Å². The molecule has 4 rings (SSSR count). The van der Waals surface area contributed by atoms with Crippen molar-refractivity contribution in [1.82, 2.24) is 29.7 Å². The van der Waals surface area contributed by atoms with Gasteiger partial charge < -0.3 is 0 Å². The molecule has 4 aromatic rings. The Balaban J connectivity index is 1.72. The number of aromatic amines is 1. The molecule has 0 amide bonds. The first-order chi connectivity index (χ1) is 11.8. The van der Waals surface area contributed by atoms with Crippen LogP contribution in [0.2, 0.25) is 0 Å². The van der Waals surface area contributed by atoms with Gasteiger partial charge in [-0.1, -0.05) is 19.1 Å². The molecule has 0 spiro atoms. The van der Waals surface area contributed by atoms with Crippen LogP contribution in [0.1, 0.15) is 12.7 Å². The maximum Gasteiger partial charge on any atom is 0.163 e. The van der Waals surface area contributed by atoms with Gasteiger partial charge in [0, 0.05) is 36.9 Å². The SMILES string of the molecule is CCc1nccc(-c2nccn2-c2ccc(-c3ccn[nH]3)cc2)n1. The second-order valence-electron chi connectivity index (χ2n) is 5.35. The van der Waals surface area contributed by atoms with Crippen LogP contribution >= 0.6 is 0 Å². The topological polar surface area (TPSA) is 72.3 Å². The first kappa shape index (κ1) is 14.3. The zero-order valence-corrected chi connectivity index (χ0v) is 13.2. The fraction of sp³-hybridized carbons (Fsp3) is 0.111. The zero-order chi connectivity index (χ0) is 16.4. The standard InChI is InChI=1S/C18H16N6/c1-2-17-19-9-7-16(22-17)18-20-11-12-24(18)14-5-3-13(4-6-14)15-8-10-21-23-15/h3-12H,2H2,1H3,(H,21,23). The minimum atomic E-state index is 0.799. The molecule has 6 heteroatoms. The highest BCUT2D eigenvalue weighted by molar-refractivity contribution is 5.61. The van der Waals surface area contributed by atoms with E-state index in [0.29, 0.717) is 0 Å². The van der Waals surface area contributed by atoms with Crippen molar-refractivity contribution >= 4 is 0 Å². The third kappa shape index (κ3) is 2.58. The molecule has 0 unspecified atom stereocenters. The monoisotopic (exact) mass is 316 g/mol. The Hall–Kier alpha value is -3.28. The zero-order valence-electron chi connectivity index (χ0n) is 13.2. The Morgan fingerprint density at radius 3 is 2.58 bits per heavy atom. The quantitative estimate of drug-likeness (QED) is 0.627. The van der Waals surface area contributed by atoms with E-state index >= 15 is 0 Å². The van der Waals surface area contributed by atoms with Crippen molar-refractivity contribution in [2.45, 2.75) is 13.3 Å². The van der Waals surface area contributed by atoms with Gasteiger partial charge in [0.1, 0.15) is 11.5 Å². The molecule has 1 aromatic carbocycles. The number of aromatic nitrogens is 6. The van der Waals surface area contributed by atoms with Gasteiger partial charge in [-0.15, -0.1) is 0 Å². The van der Waals surface area contributed by atoms with E-state index in [-0.39, 0.29) is 0 Å². The van der Waals surface area contributed by atoms with E-state index in [1.54, 1.807) is 18.6 Å². The molecule has 24 heavy (non-hydrogen) atoms. The molecule has 0 aliphatic carbocycles. The number of rotatable bonds is 4. The lowest BCUT2D eigenvalue weighted by Gasteiger charge is -2.09. The number of imidazole rings is 1. The third-order valence-electron chi connectivity index (χ3n) is 3.85. The van der Waals surface area contributed by atoms with Crippen LogP contribution in [0.3, 0.4) is 0 Å². The molecule has 1 N–H and O–H groups in total. The van der Waals surface area contributed by atoms with Crippen molar-refractivity contribution in [1.29, 1.82) is 0 Å². The van der Waals surface area contributed by atoms with Gasteiger partial charge in [-0.3, -0.25) is 9.67 Å². The van der Waals surface area contributed by atoms with Crippen molar-refractivity contribution in [2.24, 2.45) is 0 Å². The number of nitrogens with one attached hydrogen (secondary N) is 1. The molecule has 0 aliphatic heterocycles. The lowest BCUT2D eigenvalue weighted by atomic mass is 10.1. The van der Waals surface area contributed by atoms with Crippen LogP contribution in [0.15, 0.2) is 61.2 Å². The van der Waals surface area contributed by atoms with Crippen molar-refractivity contribution in [2.75, 3.05) is 0 Å². The summed E-state index contributed by atoms with van der Waals surface area (Å²) in [4.78, 5) is 13.3. The molecule has 0 bridgehead atoms. The summed E-state index contributed by atoms with van der Waals surface area (Å²) >= 11 is 0. The van der Waals surface area contributed by atoms with E-state index in [1.165, 1.54) is 0 Å². The van der Waals surface area contributed by atoms with E-state index in [0.717, 1.165) is 40.7 Å². The Kier molecular flexibility index (Phi) is 3.63. The van der Waals surface area contributed by atoms with Crippen LogP contribution in [0, 0.1) is 0 Å². The van der Waals surface area contributed by atoms with Crippen molar-refractivity contribution in [3.8, 4) is 28.5 Å². The first-order valence-electron chi connectivity index (χ1n) is 7.81. The summed E-state index contributed by atoms with van der Waals surface area (Å²) in [5.41, 5.74) is 3.94. The summed E-state index contributed by atoms with van der Waals surface area (Å²) in [6.45, 7) is 2.04. The van der Waals surface area contributed by atoms with Crippen molar-refractivity contribution < 1.29 is 0 Å². The van der Waals surface area contributed by atoms with Gasteiger partial charge in [0.05, 0.1) is 5.69 Å². The predicted octanol–water partition coefficient (Wildman–Crippen LogP) is 3.28. The first-order valence-corrected chi connectivity index (χ1v) is 7.81. The molecule has 0 saturated heterocycles. The maximum atomic E-state index is 4.57. The molecule has 118 valence electrons. The van der Waals surface area contributed by atoms with Gasteiger partial charge in [0.15, 0.2) is 5.82 Å². The Morgan fingerprint density at radius 2 is 1.83 bits per heavy atom. The molecule has 0 saturated carbocycles. The van der Waals surface area contributed by atoms with Crippen molar-refractivity contribution in [3.63, 3.8) is 0 Å². The average molecular weight is 316 g/mol. The van der Waals surface area contributed by atoms with Gasteiger partial charge in [-0.2, -0.15) is 5.10 Å². The molecule has 3 heterocycles. The van der Waals surface area contributed by atoms with Gasteiger partial charge in [-0.25, -0.2) is 15.0 Å². The lowest BCUT2D eigenvalue weighted by Crippen LogP contribution is -2.00. The summed E-state index contributed by atoms with van der Waals surface area (Å²) in [5.74, 6) is 1.62. The van der Waals surface area contributed by atoms with Gasteiger partial charge in [0.2, 0.25) is 0 Å². The lowest BCUT2D eigenvalue weighted by molar-refractivity contribution is 0.930. The van der Waals surface area contributed by atoms with E-state index in [1.807, 2.05) is 29.8 Å². The second-order valence-corrected chi connectivity index (χ2v) is 5.35. The number of hydrogen-bond donors (Lipinski definition) is 1. The molecule has 0 aliphatic rings. The normalized spacial score (nSPS) is 10.9. The number of H-pyrrole nitrogens is 1. The molecular weight excluding hydrogens is 300 g/mol. The Bertz CT molecular complexity index is 938. The van der Waals surface area contributed by atoms with Crippen LogP contribution < -0.4 is 0 Å². The van der Waals surface area contributed by atoms with Gasteiger partial charge in [-0.05, 0) is 29.8 Å². The number of aryl methyl sites for hydroxylation is 1. The summed E-state index contributed by atoms with van der Waals surface area (Å²) in [6.07, 6.45) is 8.05. The van der Waals surface area contributed by atoms with E-state index in [2.05, 4.69) is 49.4 Å². The highest BCUT2D eigenvalue weighted by atomic mass is 15.1. The van der Waals surface area contributed by atoms with Crippen LogP contribution in [0.5, 0.6) is 0 Å². The minimum Gasteiger partial charge on any atom is -0.299 e. The average Bonchev–Trinajstić information content (AvgIpc) is 3.33. The highest BCUT2D eigenvalue weighted by Crippen LogP contribution is 2.22. The summed E-state index contributed by atoms with van der Waals surface area (Å²) < 4.78 is 2.03. The van der Waals surface area contributed by atoms with E-state index in [9.17, 15) is 0 Å². The summed E-state index contributed by atoms with van der Waals surface area (Å²) in [6, 6.07) is 12.1. The summed E-state index contributed by atoms with van der Waals surface area (Å²) in [7, 11) is 0. The third-order valence-corrected chi connectivity index (χ3v) is 3.85.